The summed E-state index contributed by atoms with van der Waals surface area (Å²) in [5.41, 5.74) is 7.64. The average Bonchev–Trinajstić information content (AvgIpc) is 3.66. The molecule has 48 heavy (non-hydrogen) atoms. The van der Waals surface area contributed by atoms with Gasteiger partial charge in [0.2, 0.25) is 0 Å². The van der Waals surface area contributed by atoms with Crippen molar-refractivity contribution in [1.82, 2.24) is 0 Å². The van der Waals surface area contributed by atoms with Crippen LogP contribution in [0.4, 0.5) is 0 Å². The van der Waals surface area contributed by atoms with Gasteiger partial charge in [0.25, 0.3) is 0 Å². The molecule has 0 heterocycles. The number of hydrogen-bond acceptors (Lipinski definition) is 0. The Balaban J connectivity index is 1.51. The molecule has 11 rings (SSSR count). The highest BCUT2D eigenvalue weighted by molar-refractivity contribution is 6.45. The normalized spacial score (nSPS) is 12.2. The van der Waals surface area contributed by atoms with Crippen molar-refractivity contribution in [3.8, 4) is 33.4 Å². The molecule has 0 aliphatic carbocycles. The molecule has 0 radical (unpaired) electrons. The molecule has 0 N–H and O–H groups in total. The molecule has 0 amide bonds. The molecule has 0 spiro atoms. The van der Waals surface area contributed by atoms with Crippen LogP contribution in [0.2, 0.25) is 0 Å². The second kappa shape index (κ2) is 9.64. The van der Waals surface area contributed by atoms with Gasteiger partial charge in [0.05, 0.1) is 0 Å². The molecule has 0 heteroatoms. The molecule has 0 nitrogen and oxygen atoms in total. The zero-order valence-electron chi connectivity index (χ0n) is 26.2. The highest BCUT2D eigenvalue weighted by atomic mass is 14.3. The van der Waals surface area contributed by atoms with Gasteiger partial charge in [0.15, 0.2) is 0 Å². The Morgan fingerprint density at radius 1 is 0.229 bits per heavy atom. The number of benzene rings is 9. The SMILES string of the molecule is c1ccc(-c2ccccc2-c2c3c(cc4c5ccccc5c5cccc3c54)c(-c3ccccc3)c3c4cccc5cccc(c23)c54)cc1. The molecule has 220 valence electrons. The minimum Gasteiger partial charge on any atom is -0.0622 e. The quantitative estimate of drug-likeness (QED) is 0.176. The van der Waals surface area contributed by atoms with Crippen LogP contribution in [0, 0.1) is 0 Å². The summed E-state index contributed by atoms with van der Waals surface area (Å²) < 4.78 is 0. The molecule has 0 unspecified atom stereocenters. The lowest BCUT2D eigenvalue weighted by atomic mass is 9.82. The molecule has 0 atom stereocenters. The summed E-state index contributed by atoms with van der Waals surface area (Å²) in [5.74, 6) is 0. The van der Waals surface area contributed by atoms with Crippen LogP contribution in [0.3, 0.4) is 0 Å². The van der Waals surface area contributed by atoms with Crippen molar-refractivity contribution in [2.24, 2.45) is 0 Å². The van der Waals surface area contributed by atoms with Crippen LogP contribution in [0.1, 0.15) is 0 Å². The van der Waals surface area contributed by atoms with Gasteiger partial charge in [-0.2, -0.15) is 0 Å². The second-order valence-corrected chi connectivity index (χ2v) is 13.1. The minimum atomic E-state index is 1.23. The Morgan fingerprint density at radius 3 is 1.44 bits per heavy atom. The van der Waals surface area contributed by atoms with E-state index in [4.69, 9.17) is 0 Å². The summed E-state index contributed by atoms with van der Waals surface area (Å²) in [6.45, 7) is 0. The van der Waals surface area contributed by atoms with Crippen LogP contribution in [0.15, 0.2) is 170 Å². The first-order valence-electron chi connectivity index (χ1n) is 16.8. The summed E-state index contributed by atoms with van der Waals surface area (Å²) in [6.07, 6.45) is 0. The fourth-order valence-electron chi connectivity index (χ4n) is 8.89. The van der Waals surface area contributed by atoms with Gasteiger partial charge in [0, 0.05) is 0 Å². The number of hydrogen-bond donors (Lipinski definition) is 0. The first kappa shape index (κ1) is 25.9. The van der Waals surface area contributed by atoms with Gasteiger partial charge in [0.1, 0.15) is 0 Å². The lowest BCUT2D eigenvalue weighted by molar-refractivity contribution is 1.61. The highest BCUT2D eigenvalue weighted by Gasteiger charge is 2.27. The monoisotopic (exact) mass is 604 g/mol. The zero-order chi connectivity index (χ0) is 31.3. The Morgan fingerprint density at radius 2 is 0.729 bits per heavy atom. The predicted molar refractivity (Wildman–Crippen MR) is 208 cm³/mol. The van der Waals surface area contributed by atoms with Crippen molar-refractivity contribution in [1.29, 1.82) is 0 Å². The smallest absolute Gasteiger partial charge is 0.000697 e. The van der Waals surface area contributed by atoms with Gasteiger partial charge >= 0.3 is 0 Å². The van der Waals surface area contributed by atoms with Crippen molar-refractivity contribution in [2.45, 2.75) is 0 Å². The standard InChI is InChI=1S/C48H28/c1-3-14-29(15-4-1)32-20-7-10-23-35(32)46-45-39-27-13-24-36-33-21-8-9-22-34(33)40(44(36)39)28-41(45)43(31-16-5-2-6-17-31)47-37-25-11-18-30-19-12-26-38(42(30)37)48(46)47/h1-28H. The van der Waals surface area contributed by atoms with Gasteiger partial charge in [-0.15, -0.1) is 0 Å². The molecule has 0 aliphatic heterocycles. The van der Waals surface area contributed by atoms with Crippen molar-refractivity contribution < 1.29 is 0 Å². The maximum absolute atomic E-state index is 2.52. The fraction of sp³-hybridized carbons (Fsp3) is 0. The maximum Gasteiger partial charge on any atom is -0.000697 e. The number of rotatable bonds is 3. The Hall–Kier alpha value is -6.24. The zero-order valence-corrected chi connectivity index (χ0v) is 26.2. The van der Waals surface area contributed by atoms with E-state index < -0.39 is 0 Å². The summed E-state index contributed by atoms with van der Waals surface area (Å²) in [7, 11) is 0. The van der Waals surface area contributed by atoms with Crippen molar-refractivity contribution >= 4 is 75.4 Å². The molecule has 0 saturated carbocycles. The molecule has 0 bridgehead atoms. The first-order valence-corrected chi connectivity index (χ1v) is 16.8. The molecule has 0 aromatic heterocycles. The van der Waals surface area contributed by atoms with Crippen LogP contribution < -0.4 is 0 Å². The molecule has 11 aromatic carbocycles. The van der Waals surface area contributed by atoms with Crippen LogP contribution in [0.5, 0.6) is 0 Å². The Labute approximate surface area is 277 Å². The maximum atomic E-state index is 2.52. The predicted octanol–water partition coefficient (Wildman–Crippen LogP) is 13.6. The topological polar surface area (TPSA) is 0 Å². The van der Waals surface area contributed by atoms with E-state index in [1.165, 1.54) is 109 Å². The van der Waals surface area contributed by atoms with Crippen molar-refractivity contribution in [2.75, 3.05) is 0 Å². The van der Waals surface area contributed by atoms with Gasteiger partial charge in [-0.05, 0) is 115 Å². The van der Waals surface area contributed by atoms with Crippen LogP contribution in [0.25, 0.3) is 109 Å². The third kappa shape index (κ3) is 3.34. The van der Waals surface area contributed by atoms with E-state index in [0.29, 0.717) is 0 Å². The van der Waals surface area contributed by atoms with Gasteiger partial charge < -0.3 is 0 Å². The molecular formula is C48H28. The summed E-state index contributed by atoms with van der Waals surface area (Å²) in [6, 6.07) is 63.1. The van der Waals surface area contributed by atoms with E-state index in [1.807, 2.05) is 0 Å². The Kier molecular flexibility index (Phi) is 5.20. The molecule has 0 fully saturated rings. The summed E-state index contributed by atoms with van der Waals surface area (Å²) in [4.78, 5) is 0. The van der Waals surface area contributed by atoms with Crippen LogP contribution in [-0.2, 0) is 0 Å². The Bertz CT molecular complexity index is 3020. The van der Waals surface area contributed by atoms with Crippen LogP contribution in [-0.4, -0.2) is 0 Å². The summed E-state index contributed by atoms with van der Waals surface area (Å²) in [5, 5.41) is 18.6. The van der Waals surface area contributed by atoms with Gasteiger partial charge in [-0.1, -0.05) is 164 Å². The van der Waals surface area contributed by atoms with E-state index in [0.717, 1.165) is 0 Å². The molecule has 0 saturated heterocycles. The largest absolute Gasteiger partial charge is 0.0622 e. The molecule has 0 aliphatic rings. The highest BCUT2D eigenvalue weighted by Crippen LogP contribution is 2.55. The lowest BCUT2D eigenvalue weighted by Crippen LogP contribution is -1.93. The minimum absolute atomic E-state index is 1.23. The van der Waals surface area contributed by atoms with Crippen molar-refractivity contribution in [3.63, 3.8) is 0 Å². The lowest BCUT2D eigenvalue weighted by Gasteiger charge is -2.20. The second-order valence-electron chi connectivity index (χ2n) is 13.1. The van der Waals surface area contributed by atoms with Gasteiger partial charge in [-0.25, -0.2) is 0 Å². The van der Waals surface area contributed by atoms with E-state index in [9.17, 15) is 0 Å². The van der Waals surface area contributed by atoms with Crippen molar-refractivity contribution in [3.05, 3.63) is 170 Å². The summed E-state index contributed by atoms with van der Waals surface area (Å²) >= 11 is 0. The fourth-order valence-corrected chi connectivity index (χ4v) is 8.89. The third-order valence-corrected chi connectivity index (χ3v) is 10.7. The first-order chi connectivity index (χ1) is 23.9. The van der Waals surface area contributed by atoms with E-state index in [1.54, 1.807) is 0 Å². The van der Waals surface area contributed by atoms with Gasteiger partial charge in [-0.3, -0.25) is 0 Å². The van der Waals surface area contributed by atoms with E-state index in [-0.39, 0.29) is 0 Å². The molecule has 11 aromatic rings. The molecular weight excluding hydrogens is 577 g/mol. The average molecular weight is 605 g/mol. The number of fused-ring (bicyclic) bond motifs is 8. The third-order valence-electron chi connectivity index (χ3n) is 10.7. The van der Waals surface area contributed by atoms with Crippen LogP contribution >= 0.6 is 0 Å². The van der Waals surface area contributed by atoms with E-state index in [2.05, 4.69) is 170 Å². The van der Waals surface area contributed by atoms with E-state index >= 15 is 0 Å².